The van der Waals surface area contributed by atoms with E-state index >= 15 is 0 Å². The maximum absolute atomic E-state index is 10.2. The Morgan fingerprint density at radius 1 is 1.43 bits per heavy atom. The van der Waals surface area contributed by atoms with Gasteiger partial charge < -0.3 is 14.2 Å². The number of aryl methyl sites for hydroxylation is 2. The lowest BCUT2D eigenvalue weighted by atomic mass is 10.0. The Bertz CT molecular complexity index is 592. The fourth-order valence-electron chi connectivity index (χ4n) is 2.99. The molecule has 21 heavy (non-hydrogen) atoms. The lowest BCUT2D eigenvalue weighted by molar-refractivity contribution is 0.138. The highest BCUT2D eigenvalue weighted by molar-refractivity contribution is 5.05. The van der Waals surface area contributed by atoms with Gasteiger partial charge in [-0.15, -0.1) is 0 Å². The number of imidazole rings is 1. The van der Waals surface area contributed by atoms with E-state index in [1.54, 1.807) is 0 Å². The van der Waals surface area contributed by atoms with Gasteiger partial charge in [0.1, 0.15) is 11.6 Å². The maximum Gasteiger partial charge on any atom is 0.137 e. The van der Waals surface area contributed by atoms with Gasteiger partial charge in [0, 0.05) is 63.9 Å². The van der Waals surface area contributed by atoms with Gasteiger partial charge in [0.15, 0.2) is 0 Å². The molecule has 0 aromatic carbocycles. The summed E-state index contributed by atoms with van der Waals surface area (Å²) in [5.41, 5.74) is 0.893. The fourth-order valence-corrected chi connectivity index (χ4v) is 2.99. The Labute approximate surface area is 124 Å². The van der Waals surface area contributed by atoms with Crippen LogP contribution in [0, 0.1) is 12.8 Å². The van der Waals surface area contributed by atoms with Gasteiger partial charge in [-0.2, -0.15) is 0 Å². The summed E-state index contributed by atoms with van der Waals surface area (Å²) in [4.78, 5) is 6.63. The monoisotopic (exact) mass is 290 g/mol. The first kappa shape index (κ1) is 14.3. The largest absolute Gasteiger partial charge is 0.391 e. The van der Waals surface area contributed by atoms with E-state index in [0.29, 0.717) is 0 Å². The number of hydrogen-bond donors (Lipinski definition) is 1. The Balaban J connectivity index is 1.52. The highest BCUT2D eigenvalue weighted by atomic mass is 16.5. The fraction of sp³-hybridized carbons (Fsp3) is 0.600. The molecular weight excluding hydrogens is 268 g/mol. The summed E-state index contributed by atoms with van der Waals surface area (Å²) in [5, 5.41) is 14.1. The third kappa shape index (κ3) is 3.33. The van der Waals surface area contributed by atoms with Crippen LogP contribution in [0.5, 0.6) is 0 Å². The van der Waals surface area contributed by atoms with Crippen LogP contribution in [0.25, 0.3) is 0 Å². The average Bonchev–Trinajstić information content (AvgIpc) is 3.11. The SMILES string of the molecule is Cc1cc(C[C@@H]2CN(CCc3nccn3C)C[C@H]2O)on1. The minimum atomic E-state index is -0.295. The van der Waals surface area contributed by atoms with Gasteiger partial charge in [-0.1, -0.05) is 5.16 Å². The molecule has 6 nitrogen and oxygen atoms in total. The first-order chi connectivity index (χ1) is 10.1. The second-order valence-electron chi connectivity index (χ2n) is 5.93. The first-order valence-electron chi connectivity index (χ1n) is 7.40. The van der Waals surface area contributed by atoms with Crippen molar-refractivity contribution in [2.75, 3.05) is 19.6 Å². The van der Waals surface area contributed by atoms with Gasteiger partial charge in [0.2, 0.25) is 0 Å². The smallest absolute Gasteiger partial charge is 0.137 e. The molecule has 1 saturated heterocycles. The van der Waals surface area contributed by atoms with Crippen molar-refractivity contribution in [3.8, 4) is 0 Å². The zero-order valence-electron chi connectivity index (χ0n) is 12.6. The van der Waals surface area contributed by atoms with E-state index in [2.05, 4.69) is 15.0 Å². The molecule has 0 radical (unpaired) electrons. The van der Waals surface area contributed by atoms with E-state index in [1.165, 1.54) is 0 Å². The quantitative estimate of drug-likeness (QED) is 0.882. The van der Waals surface area contributed by atoms with Crippen molar-refractivity contribution in [1.29, 1.82) is 0 Å². The lowest BCUT2D eigenvalue weighted by Crippen LogP contribution is -2.25. The third-order valence-corrected chi connectivity index (χ3v) is 4.19. The summed E-state index contributed by atoms with van der Waals surface area (Å²) in [6.45, 7) is 4.46. The topological polar surface area (TPSA) is 67.3 Å². The van der Waals surface area contributed by atoms with Gasteiger partial charge in [-0.3, -0.25) is 4.90 Å². The molecule has 3 heterocycles. The second kappa shape index (κ2) is 5.99. The molecule has 2 aromatic rings. The Hall–Kier alpha value is -1.66. The van der Waals surface area contributed by atoms with Crippen LogP contribution in [0.3, 0.4) is 0 Å². The minimum absolute atomic E-state index is 0.221. The van der Waals surface area contributed by atoms with Gasteiger partial charge in [-0.25, -0.2) is 4.98 Å². The summed E-state index contributed by atoms with van der Waals surface area (Å²) in [5.74, 6) is 2.17. The van der Waals surface area contributed by atoms with Crippen LogP contribution in [0.15, 0.2) is 23.0 Å². The van der Waals surface area contributed by atoms with E-state index in [0.717, 1.165) is 49.8 Å². The normalized spacial score (nSPS) is 23.0. The number of aliphatic hydroxyl groups excluding tert-OH is 1. The summed E-state index contributed by atoms with van der Waals surface area (Å²) in [6.07, 6.45) is 5.15. The van der Waals surface area contributed by atoms with Gasteiger partial charge >= 0.3 is 0 Å². The molecule has 0 unspecified atom stereocenters. The zero-order valence-corrected chi connectivity index (χ0v) is 12.6. The number of hydrogen-bond acceptors (Lipinski definition) is 5. The molecule has 0 aliphatic carbocycles. The predicted molar refractivity (Wildman–Crippen MR) is 77.8 cm³/mol. The molecule has 0 bridgehead atoms. The van der Waals surface area contributed by atoms with Crippen LogP contribution in [-0.4, -0.2) is 50.5 Å². The highest BCUT2D eigenvalue weighted by Crippen LogP contribution is 2.22. The molecule has 2 atom stereocenters. The number of β-amino-alcohol motifs (C(OH)–C–C–N with tert-alkyl or cyclic N) is 1. The van der Waals surface area contributed by atoms with E-state index in [1.807, 2.05) is 37.0 Å². The highest BCUT2D eigenvalue weighted by Gasteiger charge is 2.32. The van der Waals surface area contributed by atoms with E-state index in [-0.39, 0.29) is 12.0 Å². The van der Waals surface area contributed by atoms with Crippen molar-refractivity contribution in [2.24, 2.45) is 13.0 Å². The number of rotatable bonds is 5. The number of nitrogens with zero attached hydrogens (tertiary/aromatic N) is 4. The van der Waals surface area contributed by atoms with Crippen LogP contribution in [0.1, 0.15) is 17.3 Å². The molecule has 0 saturated carbocycles. The van der Waals surface area contributed by atoms with E-state index in [9.17, 15) is 5.11 Å². The van der Waals surface area contributed by atoms with Gasteiger partial charge in [0.05, 0.1) is 11.8 Å². The molecular formula is C15H22N4O2. The molecule has 0 amide bonds. The van der Waals surface area contributed by atoms with E-state index in [4.69, 9.17) is 4.52 Å². The van der Waals surface area contributed by atoms with Crippen molar-refractivity contribution in [3.63, 3.8) is 0 Å². The van der Waals surface area contributed by atoms with Crippen molar-refractivity contribution in [3.05, 3.63) is 35.7 Å². The minimum Gasteiger partial charge on any atom is -0.391 e. The van der Waals surface area contributed by atoms with E-state index < -0.39 is 0 Å². The van der Waals surface area contributed by atoms with Crippen LogP contribution in [0.2, 0.25) is 0 Å². The molecule has 6 heteroatoms. The molecule has 0 spiro atoms. The zero-order chi connectivity index (χ0) is 14.8. The lowest BCUT2D eigenvalue weighted by Gasteiger charge is -2.14. The molecule has 1 N–H and O–H groups in total. The predicted octanol–water partition coefficient (Wildman–Crippen LogP) is 0.794. The molecule has 1 aliphatic rings. The van der Waals surface area contributed by atoms with Crippen LogP contribution < -0.4 is 0 Å². The van der Waals surface area contributed by atoms with Gasteiger partial charge in [0.25, 0.3) is 0 Å². The van der Waals surface area contributed by atoms with Crippen molar-refractivity contribution >= 4 is 0 Å². The van der Waals surface area contributed by atoms with Crippen LogP contribution in [0.4, 0.5) is 0 Å². The first-order valence-corrected chi connectivity index (χ1v) is 7.40. The molecule has 2 aromatic heterocycles. The number of aliphatic hydroxyl groups is 1. The number of aromatic nitrogens is 3. The van der Waals surface area contributed by atoms with Crippen molar-refractivity contribution in [1.82, 2.24) is 19.6 Å². The standard InChI is InChI=1S/C15H22N4O2/c1-11-7-13(21-17-11)8-12-9-19(10-14(12)20)5-3-15-16-4-6-18(15)2/h4,6-7,12,14,20H,3,5,8-10H2,1-2H3/t12-,14-/m1/s1. The summed E-state index contributed by atoms with van der Waals surface area (Å²) in [6, 6.07) is 1.95. The summed E-state index contributed by atoms with van der Waals surface area (Å²) in [7, 11) is 2.01. The molecule has 1 aliphatic heterocycles. The molecule has 114 valence electrons. The van der Waals surface area contributed by atoms with Crippen LogP contribution >= 0.6 is 0 Å². The number of likely N-dealkylation sites (tertiary alicyclic amines) is 1. The Morgan fingerprint density at radius 3 is 2.95 bits per heavy atom. The van der Waals surface area contributed by atoms with Gasteiger partial charge in [-0.05, 0) is 6.92 Å². The molecule has 1 fully saturated rings. The third-order valence-electron chi connectivity index (χ3n) is 4.19. The van der Waals surface area contributed by atoms with Crippen molar-refractivity contribution in [2.45, 2.75) is 25.9 Å². The second-order valence-corrected chi connectivity index (χ2v) is 5.93. The van der Waals surface area contributed by atoms with Crippen molar-refractivity contribution < 1.29 is 9.63 Å². The Morgan fingerprint density at radius 2 is 2.29 bits per heavy atom. The summed E-state index contributed by atoms with van der Waals surface area (Å²) < 4.78 is 7.29. The molecule has 3 rings (SSSR count). The maximum atomic E-state index is 10.2. The van der Waals surface area contributed by atoms with Crippen LogP contribution in [-0.2, 0) is 19.9 Å². The summed E-state index contributed by atoms with van der Waals surface area (Å²) >= 11 is 0. The average molecular weight is 290 g/mol. The Kier molecular flexibility index (Phi) is 4.07.